The van der Waals surface area contributed by atoms with Crippen molar-refractivity contribution in [1.29, 1.82) is 0 Å². The molecule has 0 fully saturated rings. The number of aliphatic hydroxyl groups is 1. The molecule has 0 heterocycles. The van der Waals surface area contributed by atoms with E-state index in [1.54, 1.807) is 0 Å². The van der Waals surface area contributed by atoms with Crippen molar-refractivity contribution in [2.24, 2.45) is 0 Å². The molecular weight excluding hydrogens is 240 g/mol. The van der Waals surface area contributed by atoms with Gasteiger partial charge in [-0.25, -0.2) is 0 Å². The van der Waals surface area contributed by atoms with Crippen LogP contribution in [0.3, 0.4) is 0 Å². The topological polar surface area (TPSA) is 61.4 Å². The van der Waals surface area contributed by atoms with Crippen LogP contribution >= 0.6 is 0 Å². The van der Waals surface area contributed by atoms with E-state index < -0.39 is 0 Å². The zero-order valence-electron chi connectivity index (χ0n) is 11.8. The van der Waals surface area contributed by atoms with E-state index in [4.69, 9.17) is 5.11 Å². The smallest absolute Gasteiger partial charge is 0.251 e. The standard InChI is InChI=1S/C15H24N2O2/c1-3-13(9-11-18)17-15(19)14-7-5-4-6-12(14)8-10-16-2/h4-7,13,16,18H,3,8-11H2,1-2H3,(H,17,19). The Morgan fingerprint density at radius 1 is 1.37 bits per heavy atom. The van der Waals surface area contributed by atoms with Gasteiger partial charge in [0, 0.05) is 18.2 Å². The van der Waals surface area contributed by atoms with Crippen molar-refractivity contribution in [3.05, 3.63) is 35.4 Å². The van der Waals surface area contributed by atoms with E-state index in [2.05, 4.69) is 10.6 Å². The molecule has 1 aromatic rings. The number of likely N-dealkylation sites (N-methyl/N-ethyl adjacent to an activating group) is 1. The van der Waals surface area contributed by atoms with Gasteiger partial charge in [-0.3, -0.25) is 4.79 Å². The molecule has 1 atom stereocenters. The van der Waals surface area contributed by atoms with Crippen molar-refractivity contribution in [3.8, 4) is 0 Å². The summed E-state index contributed by atoms with van der Waals surface area (Å²) in [5.41, 5.74) is 1.78. The minimum absolute atomic E-state index is 0.0369. The number of rotatable bonds is 8. The minimum atomic E-state index is -0.0491. The summed E-state index contributed by atoms with van der Waals surface area (Å²) in [6.45, 7) is 2.95. The average molecular weight is 264 g/mol. The highest BCUT2D eigenvalue weighted by Gasteiger charge is 2.14. The lowest BCUT2D eigenvalue weighted by Gasteiger charge is -2.17. The molecule has 19 heavy (non-hydrogen) atoms. The number of carbonyl (C=O) groups excluding carboxylic acids is 1. The second-order valence-electron chi connectivity index (χ2n) is 4.60. The fourth-order valence-corrected chi connectivity index (χ4v) is 2.02. The summed E-state index contributed by atoms with van der Waals surface area (Å²) in [7, 11) is 1.90. The Hall–Kier alpha value is -1.39. The lowest BCUT2D eigenvalue weighted by Crippen LogP contribution is -2.35. The van der Waals surface area contributed by atoms with Crippen LogP contribution in [0, 0.1) is 0 Å². The summed E-state index contributed by atoms with van der Waals surface area (Å²) in [5.74, 6) is -0.0491. The van der Waals surface area contributed by atoms with E-state index in [0.717, 1.165) is 30.5 Å². The van der Waals surface area contributed by atoms with Crippen LogP contribution in [-0.4, -0.2) is 37.3 Å². The number of nitrogens with one attached hydrogen (secondary N) is 2. The number of hydrogen-bond donors (Lipinski definition) is 3. The van der Waals surface area contributed by atoms with Crippen LogP contribution < -0.4 is 10.6 Å². The molecule has 4 nitrogen and oxygen atoms in total. The molecule has 1 amide bonds. The first-order valence-electron chi connectivity index (χ1n) is 6.87. The van der Waals surface area contributed by atoms with Crippen LogP contribution in [0.1, 0.15) is 35.7 Å². The second kappa shape index (κ2) is 8.67. The van der Waals surface area contributed by atoms with Crippen LogP contribution in [0.25, 0.3) is 0 Å². The van der Waals surface area contributed by atoms with E-state index in [9.17, 15) is 4.79 Å². The number of carbonyl (C=O) groups is 1. The van der Waals surface area contributed by atoms with Gasteiger partial charge >= 0.3 is 0 Å². The maximum Gasteiger partial charge on any atom is 0.251 e. The Morgan fingerprint density at radius 3 is 2.74 bits per heavy atom. The largest absolute Gasteiger partial charge is 0.396 e. The maximum absolute atomic E-state index is 12.3. The number of benzene rings is 1. The predicted molar refractivity (Wildman–Crippen MR) is 77.3 cm³/mol. The van der Waals surface area contributed by atoms with Crippen molar-refractivity contribution >= 4 is 5.91 Å². The molecule has 3 N–H and O–H groups in total. The minimum Gasteiger partial charge on any atom is -0.396 e. The number of hydrogen-bond acceptors (Lipinski definition) is 3. The van der Waals surface area contributed by atoms with Gasteiger partial charge in [-0.05, 0) is 44.5 Å². The quantitative estimate of drug-likeness (QED) is 0.664. The maximum atomic E-state index is 12.3. The van der Waals surface area contributed by atoms with E-state index in [1.807, 2.05) is 38.2 Å². The SMILES string of the molecule is CCC(CCO)NC(=O)c1ccccc1CCNC. The van der Waals surface area contributed by atoms with E-state index in [-0.39, 0.29) is 18.6 Å². The van der Waals surface area contributed by atoms with Gasteiger partial charge < -0.3 is 15.7 Å². The van der Waals surface area contributed by atoms with Crippen LogP contribution in [0.2, 0.25) is 0 Å². The van der Waals surface area contributed by atoms with Crippen LogP contribution in [0.15, 0.2) is 24.3 Å². The van der Waals surface area contributed by atoms with Crippen molar-refractivity contribution in [2.45, 2.75) is 32.2 Å². The molecule has 0 saturated carbocycles. The molecule has 0 saturated heterocycles. The third-order valence-corrected chi connectivity index (χ3v) is 3.21. The zero-order valence-corrected chi connectivity index (χ0v) is 11.8. The summed E-state index contributed by atoms with van der Waals surface area (Å²) in [5, 5.41) is 15.0. The fourth-order valence-electron chi connectivity index (χ4n) is 2.02. The summed E-state index contributed by atoms with van der Waals surface area (Å²) in [4.78, 5) is 12.3. The molecule has 0 bridgehead atoms. The molecule has 0 spiro atoms. The predicted octanol–water partition coefficient (Wildman–Crippen LogP) is 1.34. The molecule has 0 radical (unpaired) electrons. The lowest BCUT2D eigenvalue weighted by atomic mass is 10.0. The molecule has 1 rings (SSSR count). The normalized spacial score (nSPS) is 12.2. The highest BCUT2D eigenvalue weighted by atomic mass is 16.3. The Bertz CT molecular complexity index is 393. The van der Waals surface area contributed by atoms with Gasteiger partial charge in [-0.15, -0.1) is 0 Å². The van der Waals surface area contributed by atoms with Gasteiger partial charge in [-0.2, -0.15) is 0 Å². The van der Waals surface area contributed by atoms with E-state index in [1.165, 1.54) is 0 Å². The van der Waals surface area contributed by atoms with Gasteiger partial charge in [0.1, 0.15) is 0 Å². The molecule has 0 aromatic heterocycles. The van der Waals surface area contributed by atoms with Crippen LogP contribution in [-0.2, 0) is 6.42 Å². The molecule has 0 aliphatic heterocycles. The first-order valence-corrected chi connectivity index (χ1v) is 6.87. The fraction of sp³-hybridized carbons (Fsp3) is 0.533. The van der Waals surface area contributed by atoms with Crippen molar-refractivity contribution in [2.75, 3.05) is 20.2 Å². The summed E-state index contributed by atoms with van der Waals surface area (Å²) >= 11 is 0. The Labute approximate surface area is 115 Å². The van der Waals surface area contributed by atoms with Gasteiger partial charge in [0.05, 0.1) is 0 Å². The molecule has 0 aliphatic rings. The van der Waals surface area contributed by atoms with Crippen LogP contribution in [0.4, 0.5) is 0 Å². The second-order valence-corrected chi connectivity index (χ2v) is 4.60. The van der Waals surface area contributed by atoms with Gasteiger partial charge in [0.25, 0.3) is 5.91 Å². The van der Waals surface area contributed by atoms with Gasteiger partial charge in [-0.1, -0.05) is 25.1 Å². The van der Waals surface area contributed by atoms with E-state index in [0.29, 0.717) is 6.42 Å². The summed E-state index contributed by atoms with van der Waals surface area (Å²) < 4.78 is 0. The van der Waals surface area contributed by atoms with Crippen molar-refractivity contribution in [1.82, 2.24) is 10.6 Å². The highest BCUT2D eigenvalue weighted by molar-refractivity contribution is 5.95. The third-order valence-electron chi connectivity index (χ3n) is 3.21. The highest BCUT2D eigenvalue weighted by Crippen LogP contribution is 2.10. The van der Waals surface area contributed by atoms with Gasteiger partial charge in [0.15, 0.2) is 0 Å². The molecule has 4 heteroatoms. The molecule has 1 aromatic carbocycles. The molecular formula is C15H24N2O2. The summed E-state index contributed by atoms with van der Waals surface area (Å²) in [6, 6.07) is 7.71. The number of amides is 1. The first-order chi connectivity index (χ1) is 9.22. The lowest BCUT2D eigenvalue weighted by molar-refractivity contribution is 0.0928. The Balaban J connectivity index is 2.75. The molecule has 1 unspecified atom stereocenters. The van der Waals surface area contributed by atoms with Crippen LogP contribution in [0.5, 0.6) is 0 Å². The first kappa shape index (κ1) is 15.7. The molecule has 0 aliphatic carbocycles. The van der Waals surface area contributed by atoms with E-state index >= 15 is 0 Å². The third kappa shape index (κ3) is 5.01. The van der Waals surface area contributed by atoms with Gasteiger partial charge in [0.2, 0.25) is 0 Å². The Morgan fingerprint density at radius 2 is 2.11 bits per heavy atom. The molecule has 106 valence electrons. The average Bonchev–Trinajstić information content (AvgIpc) is 2.44. The Kier molecular flexibility index (Phi) is 7.15. The zero-order chi connectivity index (χ0) is 14.1. The number of aliphatic hydroxyl groups excluding tert-OH is 1. The summed E-state index contributed by atoms with van der Waals surface area (Å²) in [6.07, 6.45) is 2.25. The van der Waals surface area contributed by atoms with Crippen molar-refractivity contribution in [3.63, 3.8) is 0 Å². The monoisotopic (exact) mass is 264 g/mol. The van der Waals surface area contributed by atoms with Crippen molar-refractivity contribution < 1.29 is 9.90 Å².